The van der Waals surface area contributed by atoms with Gasteiger partial charge in [0, 0.05) is 25.2 Å². The van der Waals surface area contributed by atoms with Gasteiger partial charge in [-0.2, -0.15) is 0 Å². The standard InChI is InChI=1S/C15H25N3O3S.ClH/c1-3-5-12(2)10-15(19)18-13-6-4-7-14(11-13)22(20,21)17-9-8-16;/h4,6-7,11-12,17H,3,5,8-10,16H2,1-2H3,(H,18,19);1H. The first-order valence-electron chi connectivity index (χ1n) is 7.48. The Bertz CT molecular complexity index is 593. The van der Waals surface area contributed by atoms with Crippen molar-refractivity contribution >= 4 is 34.0 Å². The minimum Gasteiger partial charge on any atom is -0.329 e. The summed E-state index contributed by atoms with van der Waals surface area (Å²) >= 11 is 0. The van der Waals surface area contributed by atoms with Gasteiger partial charge in [-0.1, -0.05) is 32.8 Å². The first-order chi connectivity index (χ1) is 10.4. The fourth-order valence-electron chi connectivity index (χ4n) is 2.14. The van der Waals surface area contributed by atoms with Gasteiger partial charge in [0.25, 0.3) is 0 Å². The second-order valence-corrected chi connectivity index (χ2v) is 7.13. The van der Waals surface area contributed by atoms with Crippen molar-refractivity contribution in [1.29, 1.82) is 0 Å². The van der Waals surface area contributed by atoms with Crippen molar-refractivity contribution < 1.29 is 13.2 Å². The second kappa shape index (κ2) is 10.6. The van der Waals surface area contributed by atoms with E-state index in [1.165, 1.54) is 12.1 Å². The molecule has 4 N–H and O–H groups in total. The first kappa shape index (κ1) is 21.9. The van der Waals surface area contributed by atoms with Gasteiger partial charge in [-0.25, -0.2) is 13.1 Å². The smallest absolute Gasteiger partial charge is 0.240 e. The van der Waals surface area contributed by atoms with E-state index in [1.807, 2.05) is 6.92 Å². The molecule has 132 valence electrons. The number of nitrogens with two attached hydrogens (primary N) is 1. The Hall–Kier alpha value is -1.15. The van der Waals surface area contributed by atoms with E-state index < -0.39 is 10.0 Å². The number of rotatable bonds is 9. The number of halogens is 1. The Labute approximate surface area is 144 Å². The quantitative estimate of drug-likeness (QED) is 0.625. The molecule has 23 heavy (non-hydrogen) atoms. The van der Waals surface area contributed by atoms with Crippen LogP contribution < -0.4 is 15.8 Å². The summed E-state index contributed by atoms with van der Waals surface area (Å²) in [5, 5.41) is 2.74. The van der Waals surface area contributed by atoms with Crippen molar-refractivity contribution in [3.63, 3.8) is 0 Å². The summed E-state index contributed by atoms with van der Waals surface area (Å²) in [7, 11) is -3.59. The zero-order chi connectivity index (χ0) is 16.6. The van der Waals surface area contributed by atoms with Crippen molar-refractivity contribution in [3.8, 4) is 0 Å². The fraction of sp³-hybridized carbons (Fsp3) is 0.533. The summed E-state index contributed by atoms with van der Waals surface area (Å²) in [6.45, 7) is 4.51. The molecule has 0 saturated carbocycles. The maximum Gasteiger partial charge on any atom is 0.240 e. The topological polar surface area (TPSA) is 101 Å². The van der Waals surface area contributed by atoms with Gasteiger partial charge in [0.2, 0.25) is 15.9 Å². The van der Waals surface area contributed by atoms with Crippen LogP contribution in [0.2, 0.25) is 0 Å². The van der Waals surface area contributed by atoms with Gasteiger partial charge in [0.1, 0.15) is 0 Å². The number of carbonyl (C=O) groups is 1. The van der Waals surface area contributed by atoms with Crippen molar-refractivity contribution in [3.05, 3.63) is 24.3 Å². The van der Waals surface area contributed by atoms with Crippen LogP contribution in [0.3, 0.4) is 0 Å². The number of hydrogen-bond donors (Lipinski definition) is 3. The van der Waals surface area contributed by atoms with Gasteiger partial charge >= 0.3 is 0 Å². The van der Waals surface area contributed by atoms with Crippen molar-refractivity contribution in [2.45, 2.75) is 38.0 Å². The average molecular weight is 364 g/mol. The summed E-state index contributed by atoms with van der Waals surface area (Å²) in [5.74, 6) is 0.202. The van der Waals surface area contributed by atoms with E-state index >= 15 is 0 Å². The largest absolute Gasteiger partial charge is 0.329 e. The molecule has 0 aliphatic rings. The lowest BCUT2D eigenvalue weighted by Crippen LogP contribution is -2.29. The number of hydrogen-bond acceptors (Lipinski definition) is 4. The zero-order valence-electron chi connectivity index (χ0n) is 13.5. The van der Waals surface area contributed by atoms with Crippen LogP contribution in [0.4, 0.5) is 5.69 Å². The average Bonchev–Trinajstić information content (AvgIpc) is 2.45. The molecule has 0 spiro atoms. The summed E-state index contributed by atoms with van der Waals surface area (Å²) in [5.41, 5.74) is 5.77. The molecule has 1 atom stereocenters. The SMILES string of the molecule is CCCC(C)CC(=O)Nc1cccc(S(=O)(=O)NCCN)c1.Cl. The lowest BCUT2D eigenvalue weighted by molar-refractivity contribution is -0.117. The van der Waals surface area contributed by atoms with Gasteiger partial charge in [0.05, 0.1) is 4.90 Å². The van der Waals surface area contributed by atoms with Gasteiger partial charge in [0.15, 0.2) is 0 Å². The predicted molar refractivity (Wildman–Crippen MR) is 95.3 cm³/mol. The van der Waals surface area contributed by atoms with Gasteiger partial charge in [-0.15, -0.1) is 12.4 Å². The Kier molecular flexibility index (Phi) is 10.1. The highest BCUT2D eigenvalue weighted by Crippen LogP contribution is 2.17. The molecule has 1 amide bonds. The van der Waals surface area contributed by atoms with Crippen molar-refractivity contribution in [1.82, 2.24) is 4.72 Å². The number of benzene rings is 1. The Morgan fingerprint density at radius 2 is 2.04 bits per heavy atom. The number of carbonyl (C=O) groups excluding carboxylic acids is 1. The molecule has 1 aromatic carbocycles. The van der Waals surface area contributed by atoms with E-state index in [0.29, 0.717) is 18.0 Å². The maximum absolute atomic E-state index is 12.0. The summed E-state index contributed by atoms with van der Waals surface area (Å²) < 4.78 is 26.4. The number of amides is 1. The molecule has 0 aliphatic carbocycles. The van der Waals surface area contributed by atoms with Crippen LogP contribution >= 0.6 is 12.4 Å². The minimum atomic E-state index is -3.59. The molecule has 0 bridgehead atoms. The predicted octanol–water partition coefficient (Wildman–Crippen LogP) is 2.11. The highest BCUT2D eigenvalue weighted by atomic mass is 35.5. The second-order valence-electron chi connectivity index (χ2n) is 5.36. The highest BCUT2D eigenvalue weighted by molar-refractivity contribution is 7.89. The fourth-order valence-corrected chi connectivity index (χ4v) is 3.23. The van der Waals surface area contributed by atoms with Gasteiger partial charge in [-0.3, -0.25) is 4.79 Å². The van der Waals surface area contributed by atoms with Crippen LogP contribution in [0.1, 0.15) is 33.1 Å². The van der Waals surface area contributed by atoms with Crippen molar-refractivity contribution in [2.75, 3.05) is 18.4 Å². The third-order valence-electron chi connectivity index (χ3n) is 3.18. The maximum atomic E-state index is 12.0. The molecule has 0 aromatic heterocycles. The Morgan fingerprint density at radius 3 is 2.65 bits per heavy atom. The van der Waals surface area contributed by atoms with E-state index in [-0.39, 0.29) is 36.3 Å². The zero-order valence-corrected chi connectivity index (χ0v) is 15.2. The third-order valence-corrected chi connectivity index (χ3v) is 4.64. The van der Waals surface area contributed by atoms with E-state index in [2.05, 4.69) is 17.0 Å². The van der Waals surface area contributed by atoms with Crippen LogP contribution in [0.15, 0.2) is 29.2 Å². The van der Waals surface area contributed by atoms with E-state index in [0.717, 1.165) is 12.8 Å². The molecule has 0 radical (unpaired) electrons. The molecule has 0 heterocycles. The molecular weight excluding hydrogens is 338 g/mol. The monoisotopic (exact) mass is 363 g/mol. The molecule has 1 aromatic rings. The molecule has 1 unspecified atom stereocenters. The van der Waals surface area contributed by atoms with Crippen molar-refractivity contribution in [2.24, 2.45) is 11.7 Å². The van der Waals surface area contributed by atoms with Crippen LogP contribution in [0.5, 0.6) is 0 Å². The molecule has 8 heteroatoms. The van der Waals surface area contributed by atoms with Crippen LogP contribution in [-0.4, -0.2) is 27.4 Å². The van der Waals surface area contributed by atoms with Crippen LogP contribution in [0.25, 0.3) is 0 Å². The third kappa shape index (κ3) is 7.78. The van der Waals surface area contributed by atoms with Gasteiger partial charge < -0.3 is 11.1 Å². The Balaban J connectivity index is 0.00000484. The lowest BCUT2D eigenvalue weighted by Gasteiger charge is -2.11. The van der Waals surface area contributed by atoms with Crippen LogP contribution in [0, 0.1) is 5.92 Å². The number of anilines is 1. The number of nitrogens with one attached hydrogen (secondary N) is 2. The molecule has 0 saturated heterocycles. The summed E-state index contributed by atoms with van der Waals surface area (Å²) in [6, 6.07) is 6.20. The molecule has 0 fully saturated rings. The minimum absolute atomic E-state index is 0. The van der Waals surface area contributed by atoms with Crippen LogP contribution in [-0.2, 0) is 14.8 Å². The summed E-state index contributed by atoms with van der Waals surface area (Å²) in [6.07, 6.45) is 2.45. The molecular formula is C15H26ClN3O3S. The summed E-state index contributed by atoms with van der Waals surface area (Å²) in [4.78, 5) is 12.0. The van der Waals surface area contributed by atoms with Gasteiger partial charge in [-0.05, 0) is 24.1 Å². The lowest BCUT2D eigenvalue weighted by atomic mass is 10.0. The molecule has 6 nitrogen and oxygen atoms in total. The molecule has 1 rings (SSSR count). The normalized spacial score (nSPS) is 12.3. The Morgan fingerprint density at radius 1 is 1.35 bits per heavy atom. The van der Waals surface area contributed by atoms with E-state index in [1.54, 1.807) is 12.1 Å². The van der Waals surface area contributed by atoms with E-state index in [9.17, 15) is 13.2 Å². The first-order valence-corrected chi connectivity index (χ1v) is 8.97. The number of sulfonamides is 1. The molecule has 0 aliphatic heterocycles. The van der Waals surface area contributed by atoms with E-state index in [4.69, 9.17) is 5.73 Å². The highest BCUT2D eigenvalue weighted by Gasteiger charge is 2.14.